The first kappa shape index (κ1) is 16.3. The fraction of sp³-hybridized carbons (Fsp3) is 0.312. The Morgan fingerprint density at radius 2 is 1.82 bits per heavy atom. The lowest BCUT2D eigenvalue weighted by atomic mass is 10.2. The maximum absolute atomic E-state index is 12.1. The Morgan fingerprint density at radius 3 is 2.41 bits per heavy atom. The molecule has 0 atom stereocenters. The van der Waals surface area contributed by atoms with Gasteiger partial charge in [-0.05, 0) is 38.0 Å². The van der Waals surface area contributed by atoms with Crippen molar-refractivity contribution in [1.82, 2.24) is 4.98 Å². The van der Waals surface area contributed by atoms with Gasteiger partial charge in [-0.1, -0.05) is 30.3 Å². The second-order valence-electron chi connectivity index (χ2n) is 5.39. The highest BCUT2D eigenvalue weighted by molar-refractivity contribution is 7.92. The second-order valence-corrected chi connectivity index (χ2v) is 7.23. The molecule has 0 saturated carbocycles. The third-order valence-electron chi connectivity index (χ3n) is 2.98. The smallest absolute Gasteiger partial charge is 0.233 e. The number of anilines is 2. The van der Waals surface area contributed by atoms with Crippen LogP contribution in [0, 0.1) is 0 Å². The van der Waals surface area contributed by atoms with Crippen molar-refractivity contribution < 1.29 is 8.42 Å². The number of benzene rings is 1. The van der Waals surface area contributed by atoms with Crippen molar-refractivity contribution in [2.75, 3.05) is 15.8 Å². The Balaban J connectivity index is 1.93. The van der Waals surface area contributed by atoms with Crippen molar-refractivity contribution >= 4 is 21.5 Å². The molecule has 0 radical (unpaired) electrons. The first-order chi connectivity index (χ1) is 10.4. The molecule has 2 N–H and O–H groups in total. The Morgan fingerprint density at radius 1 is 1.09 bits per heavy atom. The van der Waals surface area contributed by atoms with Crippen LogP contribution in [0.1, 0.15) is 19.4 Å². The van der Waals surface area contributed by atoms with E-state index in [1.165, 1.54) is 6.20 Å². The molecule has 1 aromatic carbocycles. The standard InChI is InChI=1S/C16H21N3O2S/c1-13(2)18-16-9-8-15(12-17-16)19-22(20,21)11-10-14-6-4-3-5-7-14/h3-9,12-13,19H,10-11H2,1-2H3,(H,17,18). The molecular weight excluding hydrogens is 298 g/mol. The SMILES string of the molecule is CC(C)Nc1ccc(NS(=O)(=O)CCc2ccccc2)cn1. The zero-order valence-electron chi connectivity index (χ0n) is 12.8. The number of hydrogen-bond donors (Lipinski definition) is 2. The lowest BCUT2D eigenvalue weighted by Crippen LogP contribution is -2.18. The van der Waals surface area contributed by atoms with E-state index in [1.807, 2.05) is 44.2 Å². The summed E-state index contributed by atoms with van der Waals surface area (Å²) in [5, 5.41) is 3.15. The molecule has 0 aliphatic heterocycles. The van der Waals surface area contributed by atoms with Gasteiger partial charge in [-0.25, -0.2) is 13.4 Å². The summed E-state index contributed by atoms with van der Waals surface area (Å²) in [5.41, 5.74) is 1.48. The first-order valence-corrected chi connectivity index (χ1v) is 8.87. The van der Waals surface area contributed by atoms with E-state index in [2.05, 4.69) is 15.0 Å². The summed E-state index contributed by atoms with van der Waals surface area (Å²) >= 11 is 0. The molecule has 0 bridgehead atoms. The molecular formula is C16H21N3O2S. The van der Waals surface area contributed by atoms with E-state index in [-0.39, 0.29) is 11.8 Å². The van der Waals surface area contributed by atoms with Crippen LogP contribution in [0.3, 0.4) is 0 Å². The van der Waals surface area contributed by atoms with Crippen LogP contribution in [0.2, 0.25) is 0 Å². The Kier molecular flexibility index (Phi) is 5.38. The van der Waals surface area contributed by atoms with Crippen LogP contribution >= 0.6 is 0 Å². The predicted molar refractivity (Wildman–Crippen MR) is 90.6 cm³/mol. The molecule has 2 aromatic rings. The normalized spacial score (nSPS) is 11.4. The van der Waals surface area contributed by atoms with Crippen LogP contribution in [0.5, 0.6) is 0 Å². The third-order valence-corrected chi connectivity index (χ3v) is 4.26. The van der Waals surface area contributed by atoms with Crippen LogP contribution in [0.25, 0.3) is 0 Å². The summed E-state index contributed by atoms with van der Waals surface area (Å²) in [5.74, 6) is 0.769. The van der Waals surface area contributed by atoms with Gasteiger partial charge in [0.15, 0.2) is 0 Å². The molecule has 6 heteroatoms. The molecule has 5 nitrogen and oxygen atoms in total. The molecule has 22 heavy (non-hydrogen) atoms. The number of nitrogens with zero attached hydrogens (tertiary/aromatic N) is 1. The predicted octanol–water partition coefficient (Wildman–Crippen LogP) is 2.89. The molecule has 0 unspecified atom stereocenters. The number of aryl methyl sites for hydroxylation is 1. The zero-order valence-corrected chi connectivity index (χ0v) is 13.6. The topological polar surface area (TPSA) is 71.1 Å². The molecule has 0 amide bonds. The summed E-state index contributed by atoms with van der Waals surface area (Å²) in [4.78, 5) is 4.18. The van der Waals surface area contributed by atoms with Gasteiger partial charge in [0.1, 0.15) is 5.82 Å². The lowest BCUT2D eigenvalue weighted by Gasteiger charge is -2.11. The molecule has 0 spiro atoms. The molecule has 1 aromatic heterocycles. The molecule has 0 aliphatic rings. The van der Waals surface area contributed by atoms with Crippen molar-refractivity contribution in [1.29, 1.82) is 0 Å². The summed E-state index contributed by atoms with van der Waals surface area (Å²) in [7, 11) is -3.38. The van der Waals surface area contributed by atoms with Crippen LogP contribution < -0.4 is 10.0 Å². The van der Waals surface area contributed by atoms with E-state index in [0.29, 0.717) is 12.1 Å². The van der Waals surface area contributed by atoms with Crippen LogP contribution in [0.4, 0.5) is 11.5 Å². The summed E-state index contributed by atoms with van der Waals surface area (Å²) < 4.78 is 26.7. The third kappa shape index (κ3) is 5.37. The number of rotatable bonds is 7. The Hall–Kier alpha value is -2.08. The summed E-state index contributed by atoms with van der Waals surface area (Å²) in [6, 6.07) is 13.3. The zero-order chi connectivity index (χ0) is 16.0. The van der Waals surface area contributed by atoms with E-state index >= 15 is 0 Å². The Labute approximate surface area is 131 Å². The fourth-order valence-corrected chi connectivity index (χ4v) is 3.05. The monoisotopic (exact) mass is 319 g/mol. The number of sulfonamides is 1. The van der Waals surface area contributed by atoms with Gasteiger partial charge in [0.05, 0.1) is 17.6 Å². The highest BCUT2D eigenvalue weighted by atomic mass is 32.2. The molecule has 0 fully saturated rings. The van der Waals surface area contributed by atoms with Crippen molar-refractivity contribution in [3.05, 3.63) is 54.2 Å². The molecule has 0 aliphatic carbocycles. The van der Waals surface area contributed by atoms with Crippen molar-refractivity contribution in [3.63, 3.8) is 0 Å². The van der Waals surface area contributed by atoms with Gasteiger partial charge in [0.25, 0.3) is 0 Å². The van der Waals surface area contributed by atoms with Crippen molar-refractivity contribution in [3.8, 4) is 0 Å². The fourth-order valence-electron chi connectivity index (χ4n) is 1.96. The number of pyridine rings is 1. The van der Waals surface area contributed by atoms with Gasteiger partial charge in [-0.2, -0.15) is 0 Å². The van der Waals surface area contributed by atoms with Crippen molar-refractivity contribution in [2.45, 2.75) is 26.3 Å². The van der Waals surface area contributed by atoms with E-state index in [1.54, 1.807) is 12.1 Å². The lowest BCUT2D eigenvalue weighted by molar-refractivity contribution is 0.600. The average Bonchev–Trinajstić information content (AvgIpc) is 2.48. The summed E-state index contributed by atoms with van der Waals surface area (Å²) in [6.45, 7) is 4.03. The maximum Gasteiger partial charge on any atom is 0.233 e. The molecule has 2 rings (SSSR count). The van der Waals surface area contributed by atoms with E-state index in [0.717, 1.165) is 11.4 Å². The minimum atomic E-state index is -3.38. The maximum atomic E-state index is 12.1. The molecule has 1 heterocycles. The van der Waals surface area contributed by atoms with Gasteiger partial charge < -0.3 is 5.32 Å². The van der Waals surface area contributed by atoms with Gasteiger partial charge in [0, 0.05) is 6.04 Å². The van der Waals surface area contributed by atoms with Crippen molar-refractivity contribution in [2.24, 2.45) is 0 Å². The van der Waals surface area contributed by atoms with E-state index in [4.69, 9.17) is 0 Å². The quantitative estimate of drug-likeness (QED) is 0.823. The van der Waals surface area contributed by atoms with Crippen LogP contribution in [0.15, 0.2) is 48.7 Å². The number of aromatic nitrogens is 1. The second kappa shape index (κ2) is 7.26. The van der Waals surface area contributed by atoms with Crippen LogP contribution in [-0.2, 0) is 16.4 Å². The summed E-state index contributed by atoms with van der Waals surface area (Å²) in [6.07, 6.45) is 2.00. The Bertz CT molecular complexity index is 683. The molecule has 0 saturated heterocycles. The highest BCUT2D eigenvalue weighted by Gasteiger charge is 2.11. The van der Waals surface area contributed by atoms with Gasteiger partial charge in [-0.3, -0.25) is 4.72 Å². The highest BCUT2D eigenvalue weighted by Crippen LogP contribution is 2.13. The largest absolute Gasteiger partial charge is 0.368 e. The average molecular weight is 319 g/mol. The van der Waals surface area contributed by atoms with E-state index < -0.39 is 10.0 Å². The van der Waals surface area contributed by atoms with Crippen LogP contribution in [-0.4, -0.2) is 25.2 Å². The molecule has 118 valence electrons. The van der Waals surface area contributed by atoms with Gasteiger partial charge in [0.2, 0.25) is 10.0 Å². The minimum Gasteiger partial charge on any atom is -0.368 e. The van der Waals surface area contributed by atoms with E-state index in [9.17, 15) is 8.42 Å². The minimum absolute atomic E-state index is 0.0447. The number of hydrogen-bond acceptors (Lipinski definition) is 4. The van der Waals surface area contributed by atoms with Gasteiger partial charge in [-0.15, -0.1) is 0 Å². The van der Waals surface area contributed by atoms with Gasteiger partial charge >= 0.3 is 0 Å². The number of nitrogens with one attached hydrogen (secondary N) is 2. The first-order valence-electron chi connectivity index (χ1n) is 7.21.